The van der Waals surface area contributed by atoms with Crippen LogP contribution < -0.4 is 19.5 Å². The van der Waals surface area contributed by atoms with Gasteiger partial charge in [-0.1, -0.05) is 12.1 Å². The summed E-state index contributed by atoms with van der Waals surface area (Å²) in [5.74, 6) is 1.44. The molecule has 3 aromatic rings. The first-order valence-electron chi connectivity index (χ1n) is 9.28. The molecule has 0 saturated carbocycles. The van der Waals surface area contributed by atoms with Crippen molar-refractivity contribution < 1.29 is 19.0 Å². The summed E-state index contributed by atoms with van der Waals surface area (Å²) in [6, 6.07) is 16.4. The van der Waals surface area contributed by atoms with E-state index in [2.05, 4.69) is 15.3 Å². The summed E-state index contributed by atoms with van der Waals surface area (Å²) in [5.41, 5.74) is 2.30. The SMILES string of the molecule is CCOc1ccccc1OCC(=O)Nc1ccc(Oc2nc(C)cc(C)n2)cc1. The molecular formula is C22H23N3O4. The fourth-order valence-electron chi connectivity index (χ4n) is 2.64. The summed E-state index contributed by atoms with van der Waals surface area (Å²) in [5, 5.41) is 2.78. The van der Waals surface area contributed by atoms with Crippen LogP contribution in [-0.2, 0) is 4.79 Å². The van der Waals surface area contributed by atoms with Crippen molar-refractivity contribution in [2.75, 3.05) is 18.5 Å². The summed E-state index contributed by atoms with van der Waals surface area (Å²) in [4.78, 5) is 20.7. The molecule has 1 amide bonds. The highest BCUT2D eigenvalue weighted by atomic mass is 16.5. The van der Waals surface area contributed by atoms with Crippen molar-refractivity contribution in [2.24, 2.45) is 0 Å². The summed E-state index contributed by atoms with van der Waals surface area (Å²) in [6.45, 7) is 6.06. The number of carbonyl (C=O) groups excluding carboxylic acids is 1. The average molecular weight is 393 g/mol. The molecule has 7 heteroatoms. The maximum atomic E-state index is 12.2. The van der Waals surface area contributed by atoms with E-state index in [0.717, 1.165) is 11.4 Å². The second-order valence-electron chi connectivity index (χ2n) is 6.28. The maximum absolute atomic E-state index is 12.2. The lowest BCUT2D eigenvalue weighted by Crippen LogP contribution is -2.20. The molecule has 2 aromatic carbocycles. The number of aromatic nitrogens is 2. The van der Waals surface area contributed by atoms with Crippen LogP contribution in [0.5, 0.6) is 23.3 Å². The summed E-state index contributed by atoms with van der Waals surface area (Å²) in [7, 11) is 0. The number of anilines is 1. The molecule has 0 radical (unpaired) electrons. The number of nitrogens with zero attached hydrogens (tertiary/aromatic N) is 2. The summed E-state index contributed by atoms with van der Waals surface area (Å²) in [6.07, 6.45) is 0. The predicted octanol–water partition coefficient (Wildman–Crippen LogP) is 4.30. The third kappa shape index (κ3) is 5.93. The van der Waals surface area contributed by atoms with Crippen molar-refractivity contribution in [1.82, 2.24) is 9.97 Å². The topological polar surface area (TPSA) is 82.6 Å². The molecule has 0 fully saturated rings. The number of hydrogen-bond acceptors (Lipinski definition) is 6. The lowest BCUT2D eigenvalue weighted by molar-refractivity contribution is -0.118. The first-order valence-corrected chi connectivity index (χ1v) is 9.28. The Balaban J connectivity index is 1.55. The van der Waals surface area contributed by atoms with Gasteiger partial charge in [0.05, 0.1) is 6.61 Å². The number of hydrogen-bond donors (Lipinski definition) is 1. The first kappa shape index (κ1) is 20.1. The first-order chi connectivity index (χ1) is 14.0. The van der Waals surface area contributed by atoms with Crippen molar-refractivity contribution in [3.63, 3.8) is 0 Å². The number of aryl methyl sites for hydroxylation is 2. The summed E-state index contributed by atoms with van der Waals surface area (Å²) >= 11 is 0. The number of para-hydroxylation sites is 2. The minimum Gasteiger partial charge on any atom is -0.490 e. The standard InChI is InChI=1S/C22H23N3O4/c1-4-27-19-7-5-6-8-20(19)28-14-21(26)25-17-9-11-18(12-10-17)29-22-23-15(2)13-16(3)24-22/h5-13H,4,14H2,1-3H3,(H,25,26). The Labute approximate surface area is 169 Å². The molecule has 0 aliphatic carbocycles. The van der Waals surface area contributed by atoms with Crippen molar-refractivity contribution in [3.05, 3.63) is 66.0 Å². The van der Waals surface area contributed by atoms with Crippen LogP contribution in [0.2, 0.25) is 0 Å². The second kappa shape index (κ2) is 9.54. The van der Waals surface area contributed by atoms with Gasteiger partial charge >= 0.3 is 6.01 Å². The zero-order chi connectivity index (χ0) is 20.6. The molecule has 0 bridgehead atoms. The molecule has 1 aromatic heterocycles. The Hall–Kier alpha value is -3.61. The van der Waals surface area contributed by atoms with Crippen molar-refractivity contribution in [1.29, 1.82) is 0 Å². The molecule has 1 N–H and O–H groups in total. The summed E-state index contributed by atoms with van der Waals surface area (Å²) < 4.78 is 16.7. The minimum atomic E-state index is -0.275. The van der Waals surface area contributed by atoms with Gasteiger partial charge in [-0.05, 0) is 63.2 Å². The minimum absolute atomic E-state index is 0.126. The van der Waals surface area contributed by atoms with E-state index in [-0.39, 0.29) is 12.5 Å². The van der Waals surface area contributed by atoms with E-state index in [1.54, 1.807) is 36.4 Å². The van der Waals surface area contributed by atoms with Crippen LogP contribution in [0.4, 0.5) is 5.69 Å². The van der Waals surface area contributed by atoms with Gasteiger partial charge in [0, 0.05) is 17.1 Å². The molecule has 0 unspecified atom stereocenters. The van der Waals surface area contributed by atoms with E-state index in [9.17, 15) is 4.79 Å². The molecule has 0 aliphatic heterocycles. The lowest BCUT2D eigenvalue weighted by Gasteiger charge is -2.12. The Morgan fingerprint density at radius 3 is 2.17 bits per heavy atom. The molecular weight excluding hydrogens is 370 g/mol. The molecule has 0 spiro atoms. The Morgan fingerprint density at radius 1 is 0.931 bits per heavy atom. The van der Waals surface area contributed by atoms with Gasteiger partial charge in [0.1, 0.15) is 5.75 Å². The number of rotatable bonds is 8. The van der Waals surface area contributed by atoms with E-state index in [4.69, 9.17) is 14.2 Å². The van der Waals surface area contributed by atoms with Crippen LogP contribution in [0.3, 0.4) is 0 Å². The molecule has 7 nitrogen and oxygen atoms in total. The normalized spacial score (nSPS) is 10.3. The van der Waals surface area contributed by atoms with Crippen LogP contribution in [0.1, 0.15) is 18.3 Å². The van der Waals surface area contributed by atoms with E-state index in [0.29, 0.717) is 35.6 Å². The number of amides is 1. The van der Waals surface area contributed by atoms with Gasteiger partial charge in [0.25, 0.3) is 5.91 Å². The van der Waals surface area contributed by atoms with Gasteiger partial charge in [0.2, 0.25) is 0 Å². The van der Waals surface area contributed by atoms with Gasteiger partial charge < -0.3 is 19.5 Å². The molecule has 29 heavy (non-hydrogen) atoms. The fourth-order valence-corrected chi connectivity index (χ4v) is 2.64. The second-order valence-corrected chi connectivity index (χ2v) is 6.28. The van der Waals surface area contributed by atoms with Crippen LogP contribution in [0, 0.1) is 13.8 Å². The van der Waals surface area contributed by atoms with Crippen molar-refractivity contribution in [2.45, 2.75) is 20.8 Å². The van der Waals surface area contributed by atoms with E-state index in [1.165, 1.54) is 0 Å². The van der Waals surface area contributed by atoms with E-state index in [1.807, 2.05) is 39.0 Å². The molecule has 3 rings (SSSR count). The highest BCUT2D eigenvalue weighted by molar-refractivity contribution is 5.91. The Kier molecular flexibility index (Phi) is 6.63. The Bertz CT molecular complexity index is 954. The van der Waals surface area contributed by atoms with Gasteiger partial charge in [-0.3, -0.25) is 4.79 Å². The Morgan fingerprint density at radius 2 is 1.55 bits per heavy atom. The average Bonchev–Trinajstić information content (AvgIpc) is 2.68. The number of carbonyl (C=O) groups is 1. The van der Waals surface area contributed by atoms with E-state index >= 15 is 0 Å². The largest absolute Gasteiger partial charge is 0.490 e. The van der Waals surface area contributed by atoms with Crippen LogP contribution in [0.15, 0.2) is 54.6 Å². The highest BCUT2D eigenvalue weighted by Crippen LogP contribution is 2.26. The van der Waals surface area contributed by atoms with Gasteiger partial charge in [0.15, 0.2) is 18.1 Å². The number of ether oxygens (including phenoxy) is 3. The maximum Gasteiger partial charge on any atom is 0.322 e. The molecule has 0 aliphatic rings. The molecule has 1 heterocycles. The van der Waals surface area contributed by atoms with Gasteiger partial charge in [-0.15, -0.1) is 0 Å². The van der Waals surface area contributed by atoms with Gasteiger partial charge in [-0.25, -0.2) is 9.97 Å². The van der Waals surface area contributed by atoms with Crippen LogP contribution in [0.25, 0.3) is 0 Å². The monoisotopic (exact) mass is 393 g/mol. The molecule has 0 atom stereocenters. The number of benzene rings is 2. The lowest BCUT2D eigenvalue weighted by atomic mass is 10.3. The smallest absolute Gasteiger partial charge is 0.322 e. The number of nitrogens with one attached hydrogen (secondary N) is 1. The quantitative estimate of drug-likeness (QED) is 0.614. The predicted molar refractivity (Wildman–Crippen MR) is 110 cm³/mol. The highest BCUT2D eigenvalue weighted by Gasteiger charge is 2.08. The molecule has 150 valence electrons. The van der Waals surface area contributed by atoms with Crippen molar-refractivity contribution in [3.8, 4) is 23.3 Å². The zero-order valence-corrected chi connectivity index (χ0v) is 16.6. The van der Waals surface area contributed by atoms with Crippen LogP contribution in [-0.4, -0.2) is 29.1 Å². The van der Waals surface area contributed by atoms with Gasteiger partial charge in [-0.2, -0.15) is 0 Å². The zero-order valence-electron chi connectivity index (χ0n) is 16.6. The third-order valence-electron chi connectivity index (χ3n) is 3.82. The molecule has 0 saturated heterocycles. The van der Waals surface area contributed by atoms with Crippen LogP contribution >= 0.6 is 0 Å². The third-order valence-corrected chi connectivity index (χ3v) is 3.82. The van der Waals surface area contributed by atoms with Crippen molar-refractivity contribution >= 4 is 11.6 Å². The fraction of sp³-hybridized carbons (Fsp3) is 0.227. The van der Waals surface area contributed by atoms with E-state index < -0.39 is 0 Å².